The monoisotopic (exact) mass is 425 g/mol. The van der Waals surface area contributed by atoms with Crippen LogP contribution in [0.5, 0.6) is 11.5 Å². The van der Waals surface area contributed by atoms with Gasteiger partial charge >= 0.3 is 5.69 Å². The number of benzene rings is 2. The molecule has 1 aliphatic heterocycles. The fourth-order valence-corrected chi connectivity index (χ4v) is 3.71. The zero-order valence-electron chi connectivity index (χ0n) is 15.9. The lowest BCUT2D eigenvalue weighted by atomic mass is 10.1. The fourth-order valence-electron chi connectivity index (χ4n) is 2.88. The SMILES string of the molecule is COc1cc(OC)c([N+](=O)[O-])cc1/C=C1/SC(=O)N(Cc2ccccc2C#N)C1=O. The highest BCUT2D eigenvalue weighted by Gasteiger charge is 2.35. The highest BCUT2D eigenvalue weighted by molar-refractivity contribution is 8.18. The molecule has 0 atom stereocenters. The van der Waals surface area contributed by atoms with Gasteiger partial charge in [0.05, 0.1) is 42.2 Å². The molecular formula is C20H15N3O6S. The van der Waals surface area contributed by atoms with Crippen LogP contribution >= 0.6 is 11.8 Å². The normalized spacial score (nSPS) is 14.7. The first kappa shape index (κ1) is 20.9. The van der Waals surface area contributed by atoms with Gasteiger partial charge in [-0.3, -0.25) is 24.6 Å². The predicted molar refractivity (Wildman–Crippen MR) is 109 cm³/mol. The second kappa shape index (κ2) is 8.67. The summed E-state index contributed by atoms with van der Waals surface area (Å²) in [6.07, 6.45) is 1.37. The molecule has 2 aromatic carbocycles. The minimum absolute atomic E-state index is 0.00946. The summed E-state index contributed by atoms with van der Waals surface area (Å²) < 4.78 is 10.3. The Morgan fingerprint density at radius 3 is 2.53 bits per heavy atom. The number of hydrogen-bond acceptors (Lipinski definition) is 8. The van der Waals surface area contributed by atoms with Crippen molar-refractivity contribution in [3.05, 3.63) is 68.1 Å². The Morgan fingerprint density at radius 1 is 1.20 bits per heavy atom. The Kier molecular flexibility index (Phi) is 6.03. The number of nitro groups is 1. The molecule has 152 valence electrons. The van der Waals surface area contributed by atoms with E-state index in [1.807, 2.05) is 6.07 Å². The summed E-state index contributed by atoms with van der Waals surface area (Å²) in [5.74, 6) is -0.299. The molecule has 2 aromatic rings. The smallest absolute Gasteiger partial charge is 0.311 e. The third kappa shape index (κ3) is 3.97. The van der Waals surface area contributed by atoms with Gasteiger partial charge < -0.3 is 9.47 Å². The van der Waals surface area contributed by atoms with Crippen LogP contribution in [0.1, 0.15) is 16.7 Å². The maximum atomic E-state index is 12.8. The maximum absolute atomic E-state index is 12.8. The Morgan fingerprint density at radius 2 is 1.90 bits per heavy atom. The molecule has 0 aromatic heterocycles. The molecule has 1 aliphatic rings. The lowest BCUT2D eigenvalue weighted by molar-refractivity contribution is -0.385. The summed E-state index contributed by atoms with van der Waals surface area (Å²) in [5, 5.41) is 20.0. The van der Waals surface area contributed by atoms with Gasteiger partial charge in [-0.1, -0.05) is 18.2 Å². The molecular weight excluding hydrogens is 410 g/mol. The molecule has 0 saturated carbocycles. The number of carbonyl (C=O) groups is 2. The molecule has 1 fully saturated rings. The van der Waals surface area contributed by atoms with Crippen LogP contribution in [0.3, 0.4) is 0 Å². The number of amides is 2. The number of methoxy groups -OCH3 is 2. The van der Waals surface area contributed by atoms with Crippen molar-refractivity contribution in [3.8, 4) is 17.6 Å². The van der Waals surface area contributed by atoms with E-state index >= 15 is 0 Å². The summed E-state index contributed by atoms with van der Waals surface area (Å²) >= 11 is 0.712. The van der Waals surface area contributed by atoms with Crippen molar-refractivity contribution in [3.63, 3.8) is 0 Å². The van der Waals surface area contributed by atoms with Crippen molar-refractivity contribution < 1.29 is 24.0 Å². The van der Waals surface area contributed by atoms with Gasteiger partial charge in [0.15, 0.2) is 0 Å². The average molecular weight is 425 g/mol. The van der Waals surface area contributed by atoms with Gasteiger partial charge in [-0.05, 0) is 29.5 Å². The number of carbonyl (C=O) groups excluding carboxylic acids is 2. The molecule has 9 nitrogen and oxygen atoms in total. The number of hydrogen-bond donors (Lipinski definition) is 0. The standard InChI is InChI=1S/C20H15N3O6S/c1-28-16-9-17(29-2)15(23(26)27)7-14(16)8-18-19(24)22(20(25)30-18)11-13-6-4-3-5-12(13)10-21/h3-9H,11H2,1-2H3/b18-8+. The molecule has 3 rings (SSSR count). The number of nitrogens with zero attached hydrogens (tertiary/aromatic N) is 3. The van der Waals surface area contributed by atoms with Gasteiger partial charge in [0, 0.05) is 17.7 Å². The van der Waals surface area contributed by atoms with E-state index in [2.05, 4.69) is 0 Å². The van der Waals surface area contributed by atoms with Crippen molar-refractivity contribution in [2.24, 2.45) is 0 Å². The number of imide groups is 1. The quantitative estimate of drug-likeness (QED) is 0.390. The first-order valence-electron chi connectivity index (χ1n) is 8.53. The van der Waals surface area contributed by atoms with Crippen molar-refractivity contribution in [1.82, 2.24) is 4.90 Å². The summed E-state index contributed by atoms with van der Waals surface area (Å²) in [6, 6.07) is 11.3. The second-order valence-electron chi connectivity index (χ2n) is 6.06. The average Bonchev–Trinajstić information content (AvgIpc) is 3.01. The molecule has 0 spiro atoms. The van der Waals surface area contributed by atoms with Crippen molar-refractivity contribution in [2.75, 3.05) is 14.2 Å². The lowest BCUT2D eigenvalue weighted by Gasteiger charge is -2.13. The molecule has 1 heterocycles. The van der Waals surface area contributed by atoms with Gasteiger partial charge in [0.1, 0.15) is 5.75 Å². The van der Waals surface area contributed by atoms with Gasteiger partial charge in [-0.15, -0.1) is 0 Å². The van der Waals surface area contributed by atoms with Crippen LogP contribution in [0.2, 0.25) is 0 Å². The van der Waals surface area contributed by atoms with Gasteiger partial charge in [0.25, 0.3) is 11.1 Å². The predicted octanol–water partition coefficient (Wildman–Crippen LogP) is 3.72. The van der Waals surface area contributed by atoms with Crippen molar-refractivity contribution in [1.29, 1.82) is 5.26 Å². The summed E-state index contributed by atoms with van der Waals surface area (Å²) in [7, 11) is 2.67. The van der Waals surface area contributed by atoms with Crippen LogP contribution in [0.15, 0.2) is 41.3 Å². The molecule has 0 N–H and O–H groups in total. The number of nitro benzene ring substituents is 1. The number of nitriles is 1. The minimum Gasteiger partial charge on any atom is -0.496 e. The Bertz CT molecular complexity index is 1120. The van der Waals surface area contributed by atoms with Gasteiger partial charge in [-0.2, -0.15) is 5.26 Å². The molecule has 0 radical (unpaired) electrons. The lowest BCUT2D eigenvalue weighted by Crippen LogP contribution is -2.27. The first-order chi connectivity index (χ1) is 14.4. The Labute approximate surface area is 175 Å². The van der Waals surface area contributed by atoms with E-state index in [0.29, 0.717) is 22.9 Å². The van der Waals surface area contributed by atoms with Crippen LogP contribution in [-0.4, -0.2) is 35.2 Å². The zero-order valence-corrected chi connectivity index (χ0v) is 16.8. The molecule has 2 amide bonds. The van der Waals surface area contributed by atoms with E-state index in [1.165, 1.54) is 32.4 Å². The summed E-state index contributed by atoms with van der Waals surface area (Å²) in [6.45, 7) is -0.0500. The fraction of sp³-hybridized carbons (Fsp3) is 0.150. The topological polar surface area (TPSA) is 123 Å². The molecule has 0 aliphatic carbocycles. The maximum Gasteiger partial charge on any atom is 0.311 e. The molecule has 10 heteroatoms. The summed E-state index contributed by atoms with van der Waals surface area (Å²) in [5.41, 5.74) is 0.869. The van der Waals surface area contributed by atoms with E-state index in [4.69, 9.17) is 9.47 Å². The van der Waals surface area contributed by atoms with Gasteiger partial charge in [0.2, 0.25) is 5.75 Å². The Balaban J connectivity index is 1.97. The molecule has 0 unspecified atom stereocenters. The number of thioether (sulfide) groups is 1. The van der Waals surface area contributed by atoms with Crippen LogP contribution in [0.4, 0.5) is 10.5 Å². The van der Waals surface area contributed by atoms with Crippen LogP contribution in [-0.2, 0) is 11.3 Å². The van der Waals surface area contributed by atoms with Crippen molar-refractivity contribution in [2.45, 2.75) is 6.54 Å². The van der Waals surface area contributed by atoms with E-state index in [9.17, 15) is 25.0 Å². The van der Waals surface area contributed by atoms with Crippen LogP contribution in [0.25, 0.3) is 6.08 Å². The van der Waals surface area contributed by atoms with Crippen LogP contribution < -0.4 is 9.47 Å². The Hall–Kier alpha value is -3.84. The highest BCUT2D eigenvalue weighted by atomic mass is 32.2. The van der Waals surface area contributed by atoms with E-state index in [0.717, 1.165) is 4.90 Å². The first-order valence-corrected chi connectivity index (χ1v) is 9.35. The second-order valence-corrected chi connectivity index (χ2v) is 7.05. The van der Waals surface area contributed by atoms with Gasteiger partial charge in [-0.25, -0.2) is 0 Å². The summed E-state index contributed by atoms with van der Waals surface area (Å²) in [4.78, 5) is 37.0. The third-order valence-corrected chi connectivity index (χ3v) is 5.26. The van der Waals surface area contributed by atoms with E-state index in [1.54, 1.807) is 24.3 Å². The number of ether oxygens (including phenoxy) is 2. The molecule has 30 heavy (non-hydrogen) atoms. The van der Waals surface area contributed by atoms with Crippen LogP contribution in [0, 0.1) is 21.4 Å². The van der Waals surface area contributed by atoms with E-state index < -0.39 is 16.1 Å². The largest absolute Gasteiger partial charge is 0.496 e. The molecule has 1 saturated heterocycles. The zero-order chi connectivity index (χ0) is 21.8. The minimum atomic E-state index is -0.611. The van der Waals surface area contributed by atoms with Crippen molar-refractivity contribution >= 4 is 34.7 Å². The van der Waals surface area contributed by atoms with E-state index in [-0.39, 0.29) is 34.2 Å². The highest BCUT2D eigenvalue weighted by Crippen LogP contribution is 2.39. The third-order valence-electron chi connectivity index (χ3n) is 4.35. The number of rotatable bonds is 6. The molecule has 0 bridgehead atoms.